The maximum atomic E-state index is 13.4. The minimum atomic E-state index is -2.57. The number of nitrogens with zero attached hydrogens (tertiary/aromatic N) is 5. The Morgan fingerprint density at radius 3 is 2.66 bits per heavy atom. The Morgan fingerprint density at radius 2 is 1.91 bits per heavy atom. The zero-order valence-electron chi connectivity index (χ0n) is 19.5. The van der Waals surface area contributed by atoms with Crippen LogP contribution in [-0.4, -0.2) is 49.0 Å². The van der Waals surface area contributed by atoms with Gasteiger partial charge >= 0.3 is 0 Å². The number of pyridine rings is 2. The van der Waals surface area contributed by atoms with E-state index in [1.54, 1.807) is 46.4 Å². The Morgan fingerprint density at radius 1 is 1.11 bits per heavy atom. The quantitative estimate of drug-likeness (QED) is 0.535. The molecule has 3 aromatic heterocycles. The van der Waals surface area contributed by atoms with Gasteiger partial charge in [-0.3, -0.25) is 9.59 Å². The smallest absolute Gasteiger partial charge is 0.275 e. The average Bonchev–Trinajstić information content (AvgIpc) is 3.27. The molecule has 1 saturated carbocycles. The molecule has 2 aliphatic rings. The van der Waals surface area contributed by atoms with Crippen molar-refractivity contribution in [3.63, 3.8) is 0 Å². The molecule has 0 N–H and O–H groups in total. The number of rotatable bonds is 6. The zero-order chi connectivity index (χ0) is 24.6. The molecular weight excluding hydrogens is 456 g/mol. The molecule has 0 radical (unpaired) electrons. The number of ether oxygens (including phenoxy) is 1. The highest BCUT2D eigenvalue weighted by Gasteiger charge is 2.35. The largest absolute Gasteiger partial charge is 0.477 e. The topological polar surface area (TPSA) is 82.3 Å². The first-order chi connectivity index (χ1) is 16.8. The minimum Gasteiger partial charge on any atom is -0.477 e. The second kappa shape index (κ2) is 9.24. The van der Waals surface area contributed by atoms with Crippen LogP contribution >= 0.6 is 0 Å². The lowest BCUT2D eigenvalue weighted by Gasteiger charge is -2.30. The van der Waals surface area contributed by atoms with E-state index in [1.807, 2.05) is 13.0 Å². The van der Waals surface area contributed by atoms with E-state index < -0.39 is 5.92 Å². The van der Waals surface area contributed by atoms with E-state index in [0.29, 0.717) is 49.8 Å². The standard InChI is InChI=1S/C25H27F2N5O3/c1-17-13-31(16-29-17)20-4-5-21-23(33)30(11-12-32(21)24(20)34)14-19-3-2-10-28-22(19)35-15-18-6-8-25(26,27)9-7-18/h2-5,10,13,16,18H,6-9,11-12,14-15H2,1H3. The van der Waals surface area contributed by atoms with Crippen LogP contribution in [0.1, 0.15) is 47.4 Å². The number of carbonyl (C=O) groups excluding carboxylic acids is 1. The van der Waals surface area contributed by atoms with Crippen molar-refractivity contribution < 1.29 is 18.3 Å². The first-order valence-corrected chi connectivity index (χ1v) is 11.8. The highest BCUT2D eigenvalue weighted by molar-refractivity contribution is 5.93. The molecule has 1 amide bonds. The minimum absolute atomic E-state index is 0.0633. The van der Waals surface area contributed by atoms with Gasteiger partial charge in [-0.15, -0.1) is 0 Å². The highest BCUT2D eigenvalue weighted by atomic mass is 19.3. The average molecular weight is 484 g/mol. The van der Waals surface area contributed by atoms with Gasteiger partial charge in [-0.1, -0.05) is 6.07 Å². The van der Waals surface area contributed by atoms with Crippen LogP contribution < -0.4 is 10.3 Å². The van der Waals surface area contributed by atoms with Crippen molar-refractivity contribution in [1.82, 2.24) is 24.0 Å². The first kappa shape index (κ1) is 23.2. The van der Waals surface area contributed by atoms with Gasteiger partial charge in [-0.25, -0.2) is 18.7 Å². The molecule has 4 heterocycles. The molecule has 0 spiro atoms. The monoisotopic (exact) mass is 483 g/mol. The first-order valence-electron chi connectivity index (χ1n) is 11.8. The number of carbonyl (C=O) groups is 1. The maximum Gasteiger partial charge on any atom is 0.275 e. The third kappa shape index (κ3) is 4.82. The summed E-state index contributed by atoms with van der Waals surface area (Å²) in [5, 5.41) is 0. The SMILES string of the molecule is Cc1cn(-c2ccc3n(c2=O)CCN(Cc2cccnc2OCC2CCC(F)(F)CC2)C3=O)cn1. The van der Waals surface area contributed by atoms with E-state index in [1.165, 1.54) is 4.57 Å². The van der Waals surface area contributed by atoms with Gasteiger partial charge in [-0.2, -0.15) is 0 Å². The molecule has 0 saturated heterocycles. The van der Waals surface area contributed by atoms with Crippen LogP contribution in [0.25, 0.3) is 5.69 Å². The zero-order valence-corrected chi connectivity index (χ0v) is 19.5. The summed E-state index contributed by atoms with van der Waals surface area (Å²) in [5.41, 5.74) is 2.07. The third-order valence-corrected chi connectivity index (χ3v) is 6.75. The second-order valence-corrected chi connectivity index (χ2v) is 9.29. The summed E-state index contributed by atoms with van der Waals surface area (Å²) in [6, 6.07) is 6.93. The van der Waals surface area contributed by atoms with Gasteiger partial charge in [0, 0.05) is 43.9 Å². The third-order valence-electron chi connectivity index (χ3n) is 6.75. The van der Waals surface area contributed by atoms with Gasteiger partial charge in [0.05, 0.1) is 25.2 Å². The number of hydrogen-bond acceptors (Lipinski definition) is 5. The number of alkyl halides is 2. The molecule has 0 atom stereocenters. The normalized spacial score (nSPS) is 17.9. The second-order valence-electron chi connectivity index (χ2n) is 9.29. The summed E-state index contributed by atoms with van der Waals surface area (Å²) < 4.78 is 35.9. The van der Waals surface area contributed by atoms with Crippen molar-refractivity contribution in [2.24, 2.45) is 5.92 Å². The fraction of sp³-hybridized carbons (Fsp3) is 0.440. The van der Waals surface area contributed by atoms with Gasteiger partial charge in [0.25, 0.3) is 11.5 Å². The molecule has 10 heteroatoms. The van der Waals surface area contributed by atoms with Gasteiger partial charge < -0.3 is 18.8 Å². The fourth-order valence-corrected chi connectivity index (χ4v) is 4.70. The summed E-state index contributed by atoms with van der Waals surface area (Å²) in [5.74, 6) is -2.34. The number of aryl methyl sites for hydroxylation is 1. The number of imidazole rings is 1. The van der Waals surface area contributed by atoms with E-state index >= 15 is 0 Å². The Hall–Kier alpha value is -3.56. The van der Waals surface area contributed by atoms with Crippen LogP contribution in [0.4, 0.5) is 8.78 Å². The van der Waals surface area contributed by atoms with E-state index in [-0.39, 0.29) is 36.8 Å². The Bertz CT molecular complexity index is 1290. The summed E-state index contributed by atoms with van der Waals surface area (Å²) in [6.45, 7) is 3.18. The van der Waals surface area contributed by atoms with Gasteiger partial charge in [0.2, 0.25) is 11.8 Å². The molecule has 0 unspecified atom stereocenters. The van der Waals surface area contributed by atoms with Gasteiger partial charge in [0.15, 0.2) is 0 Å². The lowest BCUT2D eigenvalue weighted by molar-refractivity contribution is -0.0500. The molecule has 8 nitrogen and oxygen atoms in total. The Labute approximate surface area is 201 Å². The maximum absolute atomic E-state index is 13.4. The number of fused-ring (bicyclic) bond motifs is 1. The summed E-state index contributed by atoms with van der Waals surface area (Å²) in [4.78, 5) is 36.4. The molecule has 0 bridgehead atoms. The van der Waals surface area contributed by atoms with Gasteiger partial charge in [-0.05, 0) is 43.9 Å². The molecule has 184 valence electrons. The van der Waals surface area contributed by atoms with Gasteiger partial charge in [0.1, 0.15) is 11.4 Å². The number of amides is 1. The van der Waals surface area contributed by atoms with Crippen molar-refractivity contribution in [2.45, 2.75) is 51.6 Å². The van der Waals surface area contributed by atoms with Crippen LogP contribution in [0.15, 0.2) is 47.8 Å². The molecular formula is C25H27F2N5O3. The Kier molecular flexibility index (Phi) is 6.12. The van der Waals surface area contributed by atoms with Crippen molar-refractivity contribution in [3.05, 3.63) is 70.3 Å². The van der Waals surface area contributed by atoms with Crippen LogP contribution in [0.5, 0.6) is 5.88 Å². The van der Waals surface area contributed by atoms with E-state index in [4.69, 9.17) is 4.74 Å². The number of hydrogen-bond donors (Lipinski definition) is 0. The van der Waals surface area contributed by atoms with Crippen molar-refractivity contribution in [2.75, 3.05) is 13.2 Å². The van der Waals surface area contributed by atoms with E-state index in [9.17, 15) is 18.4 Å². The van der Waals surface area contributed by atoms with Crippen LogP contribution in [0.3, 0.4) is 0 Å². The predicted octanol–water partition coefficient (Wildman–Crippen LogP) is 3.60. The summed E-state index contributed by atoms with van der Waals surface area (Å²) in [6.07, 6.45) is 5.58. The highest BCUT2D eigenvalue weighted by Crippen LogP contribution is 2.36. The molecule has 5 rings (SSSR count). The summed E-state index contributed by atoms with van der Waals surface area (Å²) in [7, 11) is 0. The van der Waals surface area contributed by atoms with Crippen molar-refractivity contribution >= 4 is 5.91 Å². The van der Waals surface area contributed by atoms with Crippen molar-refractivity contribution in [3.8, 4) is 11.6 Å². The molecule has 0 aromatic carbocycles. The summed E-state index contributed by atoms with van der Waals surface area (Å²) >= 11 is 0. The van der Waals surface area contributed by atoms with Crippen LogP contribution in [0, 0.1) is 12.8 Å². The lowest BCUT2D eigenvalue weighted by atomic mass is 9.87. The van der Waals surface area contributed by atoms with Crippen LogP contribution in [-0.2, 0) is 13.1 Å². The van der Waals surface area contributed by atoms with E-state index in [0.717, 1.165) is 11.3 Å². The number of aromatic nitrogens is 4. The molecule has 35 heavy (non-hydrogen) atoms. The Balaban J connectivity index is 1.29. The number of halogens is 2. The molecule has 1 aliphatic carbocycles. The fourth-order valence-electron chi connectivity index (χ4n) is 4.70. The van der Waals surface area contributed by atoms with Crippen molar-refractivity contribution in [1.29, 1.82) is 0 Å². The molecule has 1 aliphatic heterocycles. The predicted molar refractivity (Wildman–Crippen MR) is 124 cm³/mol. The van der Waals surface area contributed by atoms with E-state index in [2.05, 4.69) is 9.97 Å². The van der Waals surface area contributed by atoms with Crippen LogP contribution in [0.2, 0.25) is 0 Å². The lowest BCUT2D eigenvalue weighted by Crippen LogP contribution is -2.44. The molecule has 3 aromatic rings. The molecule has 1 fully saturated rings.